The van der Waals surface area contributed by atoms with Gasteiger partial charge in [-0.1, -0.05) is 52.9 Å². The molecule has 90 valence electrons. The second-order valence-electron chi connectivity index (χ2n) is 5.59. The third-order valence-electron chi connectivity index (χ3n) is 3.72. The van der Waals surface area contributed by atoms with Gasteiger partial charge in [0.05, 0.1) is 0 Å². The van der Waals surface area contributed by atoms with Gasteiger partial charge in [-0.3, -0.25) is 0 Å². The monoisotopic (exact) mass is 211 g/mol. The highest BCUT2D eigenvalue weighted by Gasteiger charge is 2.18. The van der Waals surface area contributed by atoms with E-state index in [0.717, 1.165) is 11.8 Å². The summed E-state index contributed by atoms with van der Waals surface area (Å²) in [5.74, 6) is 1.99. The second-order valence-corrected chi connectivity index (χ2v) is 5.59. The van der Waals surface area contributed by atoms with E-state index in [1.165, 1.54) is 51.5 Å². The van der Waals surface area contributed by atoms with Crippen molar-refractivity contribution in [2.24, 2.45) is 11.8 Å². The zero-order valence-electron chi connectivity index (χ0n) is 10.9. The van der Waals surface area contributed by atoms with E-state index < -0.39 is 0 Å². The maximum Gasteiger partial charge on any atom is 0.00104 e. The van der Waals surface area contributed by atoms with Crippen LogP contribution in [0.25, 0.3) is 0 Å². The molecular weight excluding hydrogens is 182 g/mol. The molecule has 0 bridgehead atoms. The summed E-state index contributed by atoms with van der Waals surface area (Å²) in [7, 11) is 0. The van der Waals surface area contributed by atoms with Crippen LogP contribution in [-0.2, 0) is 0 Å². The quantitative estimate of drug-likeness (QED) is 0.678. The summed E-state index contributed by atoms with van der Waals surface area (Å²) in [5, 5.41) is 3.59. The smallest absolute Gasteiger partial charge is 0.00104 e. The van der Waals surface area contributed by atoms with Gasteiger partial charge in [-0.05, 0) is 31.2 Å². The number of hydrogen-bond acceptors (Lipinski definition) is 1. The van der Waals surface area contributed by atoms with E-state index in [9.17, 15) is 0 Å². The molecule has 0 aromatic carbocycles. The van der Waals surface area contributed by atoms with Gasteiger partial charge in [0.2, 0.25) is 0 Å². The molecular formula is C14H29N. The van der Waals surface area contributed by atoms with Crippen molar-refractivity contribution in [2.75, 3.05) is 6.54 Å². The Hall–Kier alpha value is -0.0400. The second kappa shape index (κ2) is 7.27. The highest BCUT2D eigenvalue weighted by molar-refractivity contribution is 4.72. The van der Waals surface area contributed by atoms with Gasteiger partial charge in [0.1, 0.15) is 0 Å². The zero-order valence-corrected chi connectivity index (χ0v) is 10.9. The van der Waals surface area contributed by atoms with Crippen LogP contribution in [0, 0.1) is 11.8 Å². The summed E-state index contributed by atoms with van der Waals surface area (Å²) >= 11 is 0. The Bertz CT molecular complexity index is 153. The molecule has 15 heavy (non-hydrogen) atoms. The Morgan fingerprint density at radius 1 is 1.07 bits per heavy atom. The predicted octanol–water partition coefficient (Wildman–Crippen LogP) is 3.98. The Morgan fingerprint density at radius 3 is 2.40 bits per heavy atom. The van der Waals surface area contributed by atoms with Gasteiger partial charge in [-0.15, -0.1) is 0 Å². The first-order valence-corrected chi connectivity index (χ1v) is 6.95. The van der Waals surface area contributed by atoms with E-state index in [1.807, 2.05) is 0 Å². The molecule has 1 heteroatoms. The van der Waals surface area contributed by atoms with E-state index in [1.54, 1.807) is 0 Å². The number of nitrogens with one attached hydrogen (secondary N) is 1. The van der Waals surface area contributed by atoms with Crippen molar-refractivity contribution in [3.05, 3.63) is 0 Å². The Balaban J connectivity index is 2.20. The van der Waals surface area contributed by atoms with Gasteiger partial charge in [-0.2, -0.15) is 0 Å². The van der Waals surface area contributed by atoms with Crippen molar-refractivity contribution < 1.29 is 0 Å². The fourth-order valence-corrected chi connectivity index (χ4v) is 2.76. The van der Waals surface area contributed by atoms with Crippen molar-refractivity contribution in [3.63, 3.8) is 0 Å². The highest BCUT2D eigenvalue weighted by Crippen LogP contribution is 2.29. The normalized spacial score (nSPS) is 28.0. The average Bonchev–Trinajstić information content (AvgIpc) is 2.41. The highest BCUT2D eigenvalue weighted by atomic mass is 14.9. The first-order chi connectivity index (χ1) is 7.22. The first-order valence-electron chi connectivity index (χ1n) is 6.95. The van der Waals surface area contributed by atoms with E-state index >= 15 is 0 Å². The maximum absolute atomic E-state index is 3.59. The number of rotatable bonds is 5. The van der Waals surface area contributed by atoms with Crippen molar-refractivity contribution in [1.82, 2.24) is 5.32 Å². The first kappa shape index (κ1) is 13.0. The minimum atomic E-state index is 0.652. The lowest BCUT2D eigenvalue weighted by atomic mass is 9.94. The zero-order chi connectivity index (χ0) is 11.1. The van der Waals surface area contributed by atoms with Crippen LogP contribution in [0.4, 0.5) is 0 Å². The van der Waals surface area contributed by atoms with Crippen LogP contribution in [0.5, 0.6) is 0 Å². The molecule has 1 N–H and O–H groups in total. The lowest BCUT2D eigenvalue weighted by Crippen LogP contribution is -2.28. The molecule has 0 aromatic rings. The van der Waals surface area contributed by atoms with Gasteiger partial charge in [0.15, 0.2) is 0 Å². The topological polar surface area (TPSA) is 12.0 Å². The van der Waals surface area contributed by atoms with Crippen LogP contribution < -0.4 is 5.32 Å². The standard InChI is InChI=1S/C14H29N/c1-4-6-13-7-5-8-14(10-9-13)11-15-12(2)3/h12-15H,4-11H2,1-3H3. The molecule has 1 rings (SSSR count). The van der Waals surface area contributed by atoms with Gasteiger partial charge >= 0.3 is 0 Å². The van der Waals surface area contributed by atoms with Crippen LogP contribution in [0.15, 0.2) is 0 Å². The SMILES string of the molecule is CCCC1CCCC(CNC(C)C)CC1. The minimum absolute atomic E-state index is 0.652. The molecule has 1 nitrogen and oxygen atoms in total. The van der Waals surface area contributed by atoms with Crippen molar-refractivity contribution in [3.8, 4) is 0 Å². The Morgan fingerprint density at radius 2 is 1.73 bits per heavy atom. The van der Waals surface area contributed by atoms with E-state index in [-0.39, 0.29) is 0 Å². The van der Waals surface area contributed by atoms with Crippen LogP contribution in [0.2, 0.25) is 0 Å². The summed E-state index contributed by atoms with van der Waals surface area (Å²) in [6.45, 7) is 8.06. The Labute approximate surface area is 96.0 Å². The molecule has 2 unspecified atom stereocenters. The lowest BCUT2D eigenvalue weighted by molar-refractivity contribution is 0.386. The van der Waals surface area contributed by atoms with E-state index in [2.05, 4.69) is 26.1 Å². The molecule has 0 spiro atoms. The maximum atomic E-state index is 3.59. The van der Waals surface area contributed by atoms with E-state index in [0.29, 0.717) is 6.04 Å². The molecule has 2 atom stereocenters. The molecule has 0 aliphatic heterocycles. The number of hydrogen-bond donors (Lipinski definition) is 1. The molecule has 1 aliphatic rings. The third-order valence-corrected chi connectivity index (χ3v) is 3.72. The van der Waals surface area contributed by atoms with Crippen LogP contribution in [0.3, 0.4) is 0 Å². The fourth-order valence-electron chi connectivity index (χ4n) is 2.76. The summed E-state index contributed by atoms with van der Waals surface area (Å²) in [5.41, 5.74) is 0. The van der Waals surface area contributed by atoms with Gasteiger partial charge in [0.25, 0.3) is 0 Å². The summed E-state index contributed by atoms with van der Waals surface area (Å²) in [6.07, 6.45) is 10.2. The van der Waals surface area contributed by atoms with Crippen molar-refractivity contribution in [1.29, 1.82) is 0 Å². The molecule has 1 saturated carbocycles. The average molecular weight is 211 g/mol. The van der Waals surface area contributed by atoms with Crippen LogP contribution in [-0.4, -0.2) is 12.6 Å². The summed E-state index contributed by atoms with van der Waals surface area (Å²) in [6, 6.07) is 0.652. The largest absolute Gasteiger partial charge is 0.314 e. The van der Waals surface area contributed by atoms with Gasteiger partial charge in [-0.25, -0.2) is 0 Å². The third kappa shape index (κ3) is 5.55. The fraction of sp³-hybridized carbons (Fsp3) is 1.00. The van der Waals surface area contributed by atoms with Crippen molar-refractivity contribution in [2.45, 2.75) is 71.8 Å². The van der Waals surface area contributed by atoms with Crippen molar-refractivity contribution >= 4 is 0 Å². The van der Waals surface area contributed by atoms with Crippen LogP contribution in [0.1, 0.15) is 65.7 Å². The molecule has 0 aromatic heterocycles. The molecule has 0 heterocycles. The predicted molar refractivity (Wildman–Crippen MR) is 68.1 cm³/mol. The summed E-state index contributed by atoms with van der Waals surface area (Å²) in [4.78, 5) is 0. The van der Waals surface area contributed by atoms with Crippen LogP contribution >= 0.6 is 0 Å². The lowest BCUT2D eigenvalue weighted by Gasteiger charge is -2.17. The van der Waals surface area contributed by atoms with E-state index in [4.69, 9.17) is 0 Å². The molecule has 0 radical (unpaired) electrons. The summed E-state index contributed by atoms with van der Waals surface area (Å²) < 4.78 is 0. The van der Waals surface area contributed by atoms with Gasteiger partial charge < -0.3 is 5.32 Å². The molecule has 0 saturated heterocycles. The molecule has 0 amide bonds. The Kier molecular flexibility index (Phi) is 6.31. The molecule has 1 aliphatic carbocycles. The van der Waals surface area contributed by atoms with Gasteiger partial charge in [0, 0.05) is 6.04 Å². The molecule has 1 fully saturated rings. The minimum Gasteiger partial charge on any atom is -0.314 e.